The van der Waals surface area contributed by atoms with E-state index in [1.165, 1.54) is 0 Å². The van der Waals surface area contributed by atoms with Gasteiger partial charge < -0.3 is 10.4 Å². The van der Waals surface area contributed by atoms with Crippen molar-refractivity contribution in [2.24, 2.45) is 11.8 Å². The number of aliphatic carboxylic acids is 1. The molecule has 0 aromatic carbocycles. The topological polar surface area (TPSA) is 66.4 Å². The summed E-state index contributed by atoms with van der Waals surface area (Å²) in [6.45, 7) is 7.81. The molecule has 0 aromatic heterocycles. The smallest absolute Gasteiger partial charge is 0.326 e. The molecule has 0 radical (unpaired) electrons. The number of carboxylic acids is 1. The Morgan fingerprint density at radius 2 is 1.82 bits per heavy atom. The lowest BCUT2D eigenvalue weighted by Gasteiger charge is -2.19. The molecule has 0 aliphatic rings. The minimum absolute atomic E-state index is 0.107. The van der Waals surface area contributed by atoms with Crippen molar-refractivity contribution in [1.82, 2.24) is 5.32 Å². The lowest BCUT2D eigenvalue weighted by Crippen LogP contribution is -2.43. The van der Waals surface area contributed by atoms with Gasteiger partial charge in [0.25, 0.3) is 0 Å². The zero-order valence-electron chi connectivity index (χ0n) is 11.3. The van der Waals surface area contributed by atoms with Crippen LogP contribution in [0.1, 0.15) is 53.4 Å². The van der Waals surface area contributed by atoms with E-state index < -0.39 is 12.0 Å². The summed E-state index contributed by atoms with van der Waals surface area (Å²) in [4.78, 5) is 22.8. The maximum atomic E-state index is 11.8. The van der Waals surface area contributed by atoms with E-state index in [1.54, 1.807) is 0 Å². The maximum absolute atomic E-state index is 11.8. The molecule has 2 N–H and O–H groups in total. The van der Waals surface area contributed by atoms with Crippen molar-refractivity contribution >= 4 is 11.9 Å². The number of carbonyl (C=O) groups is 2. The molecule has 100 valence electrons. The van der Waals surface area contributed by atoms with Gasteiger partial charge in [-0.05, 0) is 18.8 Å². The Balaban J connectivity index is 4.25. The number of unbranched alkanes of at least 4 members (excludes halogenated alkanes) is 1. The fourth-order valence-corrected chi connectivity index (χ4v) is 1.65. The minimum Gasteiger partial charge on any atom is -0.480 e. The monoisotopic (exact) mass is 243 g/mol. The lowest BCUT2D eigenvalue weighted by atomic mass is 10.0. The van der Waals surface area contributed by atoms with Crippen LogP contribution in [0.25, 0.3) is 0 Å². The Hall–Kier alpha value is -1.06. The van der Waals surface area contributed by atoms with Gasteiger partial charge in [-0.1, -0.05) is 40.5 Å². The van der Waals surface area contributed by atoms with Crippen molar-refractivity contribution < 1.29 is 14.7 Å². The standard InChI is InChI=1S/C13H25NO3/c1-5-6-7-10(4)12(15)14-11(13(16)17)8-9(2)3/h9-11H,5-8H2,1-4H3,(H,14,15)(H,16,17). The summed E-state index contributed by atoms with van der Waals surface area (Å²) in [6, 6.07) is -0.758. The van der Waals surface area contributed by atoms with Gasteiger partial charge in [0.15, 0.2) is 0 Å². The predicted molar refractivity (Wildman–Crippen MR) is 67.7 cm³/mol. The van der Waals surface area contributed by atoms with Crippen LogP contribution in [0.4, 0.5) is 0 Å². The Bertz CT molecular complexity index is 251. The average Bonchev–Trinajstić information content (AvgIpc) is 2.23. The van der Waals surface area contributed by atoms with E-state index in [9.17, 15) is 9.59 Å². The van der Waals surface area contributed by atoms with Gasteiger partial charge in [-0.3, -0.25) is 4.79 Å². The molecule has 4 heteroatoms. The van der Waals surface area contributed by atoms with Crippen LogP contribution in [0, 0.1) is 11.8 Å². The van der Waals surface area contributed by atoms with Crippen LogP contribution in [0.5, 0.6) is 0 Å². The average molecular weight is 243 g/mol. The van der Waals surface area contributed by atoms with Gasteiger partial charge >= 0.3 is 5.97 Å². The normalized spacial score (nSPS) is 14.4. The summed E-state index contributed by atoms with van der Waals surface area (Å²) in [5.41, 5.74) is 0. The van der Waals surface area contributed by atoms with E-state index >= 15 is 0 Å². The maximum Gasteiger partial charge on any atom is 0.326 e. The molecule has 0 spiro atoms. The first-order valence-corrected chi connectivity index (χ1v) is 6.41. The fourth-order valence-electron chi connectivity index (χ4n) is 1.65. The van der Waals surface area contributed by atoms with Crippen molar-refractivity contribution in [3.8, 4) is 0 Å². The van der Waals surface area contributed by atoms with E-state index in [0.29, 0.717) is 6.42 Å². The van der Waals surface area contributed by atoms with Gasteiger partial charge in [0.05, 0.1) is 0 Å². The first-order chi connectivity index (χ1) is 7.88. The summed E-state index contributed by atoms with van der Waals surface area (Å²) in [6.07, 6.45) is 3.33. The third kappa shape index (κ3) is 6.97. The molecule has 0 aliphatic heterocycles. The van der Waals surface area contributed by atoms with Crippen LogP contribution in [-0.4, -0.2) is 23.0 Å². The number of rotatable bonds is 8. The first kappa shape index (κ1) is 15.9. The molecule has 0 rings (SSSR count). The molecule has 0 aliphatic carbocycles. The van der Waals surface area contributed by atoms with Crippen molar-refractivity contribution in [2.45, 2.75) is 59.4 Å². The van der Waals surface area contributed by atoms with E-state index in [0.717, 1.165) is 19.3 Å². The number of carboxylic acid groups (broad SMARTS) is 1. The zero-order valence-corrected chi connectivity index (χ0v) is 11.3. The van der Waals surface area contributed by atoms with Crippen LogP contribution in [0.2, 0.25) is 0 Å². The van der Waals surface area contributed by atoms with Crippen molar-refractivity contribution in [2.75, 3.05) is 0 Å². The predicted octanol–water partition coefficient (Wildman–Crippen LogP) is 2.43. The highest BCUT2D eigenvalue weighted by atomic mass is 16.4. The van der Waals surface area contributed by atoms with Gasteiger partial charge in [0.1, 0.15) is 6.04 Å². The number of amides is 1. The molecule has 2 atom stereocenters. The molecule has 0 saturated carbocycles. The van der Waals surface area contributed by atoms with Crippen molar-refractivity contribution in [3.05, 3.63) is 0 Å². The second-order valence-electron chi connectivity index (χ2n) is 5.07. The lowest BCUT2D eigenvalue weighted by molar-refractivity contribution is -0.142. The Morgan fingerprint density at radius 3 is 2.24 bits per heavy atom. The number of carbonyl (C=O) groups excluding carboxylic acids is 1. The van der Waals surface area contributed by atoms with Gasteiger partial charge in [0, 0.05) is 5.92 Å². The molecular formula is C13H25NO3. The molecule has 0 saturated heterocycles. The molecule has 0 aromatic rings. The van der Waals surface area contributed by atoms with Crippen LogP contribution < -0.4 is 5.32 Å². The fraction of sp³-hybridized carbons (Fsp3) is 0.846. The summed E-state index contributed by atoms with van der Waals surface area (Å²) in [5.74, 6) is -0.951. The van der Waals surface area contributed by atoms with E-state index in [2.05, 4.69) is 12.2 Å². The van der Waals surface area contributed by atoms with Crippen LogP contribution in [0.15, 0.2) is 0 Å². The second-order valence-corrected chi connectivity index (χ2v) is 5.07. The second kappa shape index (κ2) is 8.09. The molecule has 0 fully saturated rings. The van der Waals surface area contributed by atoms with Crippen LogP contribution in [0.3, 0.4) is 0 Å². The SMILES string of the molecule is CCCCC(C)C(=O)NC(CC(C)C)C(=O)O. The largest absolute Gasteiger partial charge is 0.480 e. The van der Waals surface area contributed by atoms with Gasteiger partial charge in [-0.25, -0.2) is 4.79 Å². The van der Waals surface area contributed by atoms with E-state index in [1.807, 2.05) is 20.8 Å². The van der Waals surface area contributed by atoms with Crippen LogP contribution in [-0.2, 0) is 9.59 Å². The third-order valence-corrected chi connectivity index (χ3v) is 2.76. The van der Waals surface area contributed by atoms with Crippen molar-refractivity contribution in [1.29, 1.82) is 0 Å². The number of nitrogens with one attached hydrogen (secondary N) is 1. The molecule has 0 bridgehead atoms. The summed E-state index contributed by atoms with van der Waals surface area (Å²) in [7, 11) is 0. The Labute approximate surface area is 104 Å². The molecule has 4 nitrogen and oxygen atoms in total. The zero-order chi connectivity index (χ0) is 13.4. The Kier molecular flexibility index (Phi) is 7.59. The number of hydrogen-bond donors (Lipinski definition) is 2. The molecule has 2 unspecified atom stereocenters. The van der Waals surface area contributed by atoms with Gasteiger partial charge in [-0.15, -0.1) is 0 Å². The quantitative estimate of drug-likeness (QED) is 0.688. The third-order valence-electron chi connectivity index (χ3n) is 2.76. The van der Waals surface area contributed by atoms with Gasteiger partial charge in [0.2, 0.25) is 5.91 Å². The molecule has 0 heterocycles. The molecule has 1 amide bonds. The van der Waals surface area contributed by atoms with Crippen LogP contribution >= 0.6 is 0 Å². The highest BCUT2D eigenvalue weighted by Crippen LogP contribution is 2.10. The highest BCUT2D eigenvalue weighted by molar-refractivity contribution is 5.84. The molecular weight excluding hydrogens is 218 g/mol. The minimum atomic E-state index is -0.949. The highest BCUT2D eigenvalue weighted by Gasteiger charge is 2.23. The Morgan fingerprint density at radius 1 is 1.24 bits per heavy atom. The van der Waals surface area contributed by atoms with E-state index in [4.69, 9.17) is 5.11 Å². The summed E-state index contributed by atoms with van der Waals surface area (Å²) >= 11 is 0. The summed E-state index contributed by atoms with van der Waals surface area (Å²) in [5, 5.41) is 11.6. The molecule has 17 heavy (non-hydrogen) atoms. The first-order valence-electron chi connectivity index (χ1n) is 6.41. The van der Waals surface area contributed by atoms with E-state index in [-0.39, 0.29) is 17.7 Å². The number of hydrogen-bond acceptors (Lipinski definition) is 2. The summed E-state index contributed by atoms with van der Waals surface area (Å²) < 4.78 is 0. The van der Waals surface area contributed by atoms with Gasteiger partial charge in [-0.2, -0.15) is 0 Å². The van der Waals surface area contributed by atoms with Crippen molar-refractivity contribution in [3.63, 3.8) is 0 Å².